The van der Waals surface area contributed by atoms with Crippen LogP contribution in [0.1, 0.15) is 6.92 Å². The summed E-state index contributed by atoms with van der Waals surface area (Å²) < 4.78 is 5.63. The third-order valence-electron chi connectivity index (χ3n) is 3.84. The fourth-order valence-corrected chi connectivity index (χ4v) is 2.71. The highest BCUT2D eigenvalue weighted by atomic mass is 35.5. The Morgan fingerprint density at radius 2 is 2.04 bits per heavy atom. The Morgan fingerprint density at radius 3 is 2.78 bits per heavy atom. The van der Waals surface area contributed by atoms with Gasteiger partial charge < -0.3 is 20.7 Å². The van der Waals surface area contributed by atoms with Gasteiger partial charge in [-0.25, -0.2) is 0 Å². The van der Waals surface area contributed by atoms with Gasteiger partial charge in [-0.1, -0.05) is 11.6 Å². The van der Waals surface area contributed by atoms with Crippen molar-refractivity contribution in [3.63, 3.8) is 0 Å². The number of ether oxygens (including phenoxy) is 1. The number of nitrogen functional groups attached to an aromatic ring is 1. The van der Waals surface area contributed by atoms with Gasteiger partial charge in [-0.05, 0) is 43.3 Å². The van der Waals surface area contributed by atoms with E-state index in [2.05, 4.69) is 5.32 Å². The lowest BCUT2D eigenvalue weighted by Gasteiger charge is -2.35. The molecule has 3 rings (SSSR count). The van der Waals surface area contributed by atoms with Crippen molar-refractivity contribution in [2.45, 2.75) is 13.0 Å². The van der Waals surface area contributed by atoms with Gasteiger partial charge in [0.25, 0.3) is 0 Å². The van der Waals surface area contributed by atoms with Crippen molar-refractivity contribution in [2.24, 2.45) is 0 Å². The van der Waals surface area contributed by atoms with Crippen LogP contribution in [0.5, 0.6) is 5.75 Å². The van der Waals surface area contributed by atoms with Crippen molar-refractivity contribution in [1.82, 2.24) is 0 Å². The van der Waals surface area contributed by atoms with Crippen LogP contribution in [-0.2, 0) is 4.79 Å². The van der Waals surface area contributed by atoms with Gasteiger partial charge in [0, 0.05) is 22.5 Å². The summed E-state index contributed by atoms with van der Waals surface area (Å²) in [6.45, 7) is 3.04. The predicted octanol–water partition coefficient (Wildman–Crippen LogP) is 3.15. The molecule has 1 amide bonds. The van der Waals surface area contributed by atoms with Crippen LogP contribution in [0.2, 0.25) is 5.02 Å². The smallest absolute Gasteiger partial charge is 0.246 e. The highest BCUT2D eigenvalue weighted by Gasteiger charge is 2.27. The van der Waals surface area contributed by atoms with Gasteiger partial charge in [0.1, 0.15) is 18.4 Å². The molecule has 23 heavy (non-hydrogen) atoms. The lowest BCUT2D eigenvalue weighted by Crippen LogP contribution is -2.46. The number of carbonyl (C=O) groups is 1. The monoisotopic (exact) mass is 331 g/mol. The zero-order valence-corrected chi connectivity index (χ0v) is 13.5. The number of amides is 1. The number of nitrogens with zero attached hydrogens (tertiary/aromatic N) is 1. The van der Waals surface area contributed by atoms with Crippen LogP contribution in [0.4, 0.5) is 17.1 Å². The summed E-state index contributed by atoms with van der Waals surface area (Å²) >= 11 is 5.86. The number of carbonyl (C=O) groups excluding carboxylic acids is 1. The quantitative estimate of drug-likeness (QED) is 0.848. The molecule has 0 bridgehead atoms. The Kier molecular flexibility index (Phi) is 4.30. The van der Waals surface area contributed by atoms with Gasteiger partial charge in [0.15, 0.2) is 0 Å². The fourth-order valence-electron chi connectivity index (χ4n) is 2.58. The number of nitrogens with one attached hydrogen (secondary N) is 1. The summed E-state index contributed by atoms with van der Waals surface area (Å²) in [6.07, 6.45) is 0. The van der Waals surface area contributed by atoms with Gasteiger partial charge in [-0.3, -0.25) is 4.79 Å². The second-order valence-corrected chi connectivity index (χ2v) is 5.88. The first-order valence-electron chi connectivity index (χ1n) is 7.40. The third-order valence-corrected chi connectivity index (χ3v) is 4.09. The lowest BCUT2D eigenvalue weighted by molar-refractivity contribution is -0.117. The second kappa shape index (κ2) is 6.38. The Bertz CT molecular complexity index is 718. The lowest BCUT2D eigenvalue weighted by atomic mass is 10.1. The van der Waals surface area contributed by atoms with Gasteiger partial charge in [-0.15, -0.1) is 0 Å². The van der Waals surface area contributed by atoms with E-state index in [1.54, 1.807) is 30.3 Å². The molecular weight excluding hydrogens is 314 g/mol. The number of fused-ring (bicyclic) bond motifs is 1. The molecule has 2 aromatic carbocycles. The molecule has 1 heterocycles. The minimum atomic E-state index is -0.336. The van der Waals surface area contributed by atoms with Crippen molar-refractivity contribution < 1.29 is 9.53 Å². The van der Waals surface area contributed by atoms with Gasteiger partial charge in [0.05, 0.1) is 12.2 Å². The summed E-state index contributed by atoms with van der Waals surface area (Å²) in [5.41, 5.74) is 8.03. The molecule has 1 unspecified atom stereocenters. The summed E-state index contributed by atoms with van der Waals surface area (Å²) in [6, 6.07) is 12.2. The number of hydrogen-bond donors (Lipinski definition) is 2. The average Bonchev–Trinajstić information content (AvgIpc) is 2.55. The molecule has 0 spiro atoms. The Hall–Kier alpha value is -2.40. The number of anilines is 3. The van der Waals surface area contributed by atoms with Gasteiger partial charge in [-0.2, -0.15) is 0 Å². The van der Waals surface area contributed by atoms with E-state index in [0.717, 1.165) is 11.4 Å². The van der Waals surface area contributed by atoms with E-state index in [1.807, 2.05) is 24.0 Å². The number of hydrogen-bond acceptors (Lipinski definition) is 4. The molecule has 6 heteroatoms. The topological polar surface area (TPSA) is 67.6 Å². The van der Waals surface area contributed by atoms with E-state index >= 15 is 0 Å². The van der Waals surface area contributed by atoms with Crippen molar-refractivity contribution >= 4 is 34.6 Å². The molecule has 0 radical (unpaired) electrons. The maximum atomic E-state index is 12.5. The maximum absolute atomic E-state index is 12.5. The van der Waals surface area contributed by atoms with Crippen LogP contribution >= 0.6 is 11.6 Å². The molecule has 3 N–H and O–H groups in total. The zero-order chi connectivity index (χ0) is 16.4. The molecular formula is C17H18ClN3O2. The van der Waals surface area contributed by atoms with Crippen molar-refractivity contribution in [3.8, 4) is 5.75 Å². The molecule has 2 aromatic rings. The van der Waals surface area contributed by atoms with Crippen LogP contribution in [0, 0.1) is 0 Å². The van der Waals surface area contributed by atoms with Crippen LogP contribution in [-0.4, -0.2) is 25.1 Å². The highest BCUT2D eigenvalue weighted by molar-refractivity contribution is 6.30. The zero-order valence-electron chi connectivity index (χ0n) is 12.8. The van der Waals surface area contributed by atoms with Crippen molar-refractivity contribution in [2.75, 3.05) is 29.1 Å². The summed E-state index contributed by atoms with van der Waals surface area (Å²) in [4.78, 5) is 14.5. The third kappa shape index (κ3) is 3.35. The number of rotatable bonds is 3. The first-order chi connectivity index (χ1) is 11.0. The van der Waals surface area contributed by atoms with Crippen molar-refractivity contribution in [3.05, 3.63) is 47.5 Å². The van der Waals surface area contributed by atoms with E-state index in [1.165, 1.54) is 0 Å². The van der Waals surface area contributed by atoms with Gasteiger partial charge >= 0.3 is 0 Å². The van der Waals surface area contributed by atoms with Crippen LogP contribution in [0.25, 0.3) is 0 Å². The second-order valence-electron chi connectivity index (χ2n) is 5.44. The minimum Gasteiger partial charge on any atom is -0.489 e. The van der Waals surface area contributed by atoms with Gasteiger partial charge in [0.2, 0.25) is 5.91 Å². The largest absolute Gasteiger partial charge is 0.489 e. The normalized spacial score (nSPS) is 14.6. The highest BCUT2D eigenvalue weighted by Crippen LogP contribution is 2.34. The first-order valence-corrected chi connectivity index (χ1v) is 7.78. The molecule has 120 valence electrons. The number of benzene rings is 2. The van der Waals surface area contributed by atoms with E-state index in [9.17, 15) is 4.79 Å². The van der Waals surface area contributed by atoms with Crippen LogP contribution < -0.4 is 20.7 Å². The predicted molar refractivity (Wildman–Crippen MR) is 93.2 cm³/mol. The molecule has 0 saturated carbocycles. The first kappa shape index (κ1) is 15.5. The molecule has 5 nitrogen and oxygen atoms in total. The van der Waals surface area contributed by atoms with Crippen molar-refractivity contribution in [1.29, 1.82) is 0 Å². The number of nitrogens with two attached hydrogens (primary N) is 1. The molecule has 1 aliphatic rings. The molecule has 0 saturated heterocycles. The minimum absolute atomic E-state index is 0.0861. The molecule has 0 aromatic heterocycles. The summed E-state index contributed by atoms with van der Waals surface area (Å²) in [7, 11) is 0. The molecule has 1 aliphatic heterocycles. The van der Waals surface area contributed by atoms with E-state index < -0.39 is 0 Å². The van der Waals surface area contributed by atoms with E-state index in [-0.39, 0.29) is 11.9 Å². The number of halogens is 1. The average molecular weight is 332 g/mol. The molecule has 1 atom stereocenters. The van der Waals surface area contributed by atoms with Crippen LogP contribution in [0.3, 0.4) is 0 Å². The summed E-state index contributed by atoms with van der Waals surface area (Å²) in [5, 5.41) is 3.54. The van der Waals surface area contributed by atoms with E-state index in [4.69, 9.17) is 22.1 Å². The van der Waals surface area contributed by atoms with E-state index in [0.29, 0.717) is 29.6 Å². The summed E-state index contributed by atoms with van der Waals surface area (Å²) in [5.74, 6) is 0.624. The van der Waals surface area contributed by atoms with Crippen LogP contribution in [0.15, 0.2) is 42.5 Å². The maximum Gasteiger partial charge on any atom is 0.246 e. The SMILES string of the molecule is CC(C(=O)Nc1ccc(Cl)cc1)N1CCOc2cc(N)ccc21. The molecule has 0 fully saturated rings. The molecule has 0 aliphatic carbocycles. The Morgan fingerprint density at radius 1 is 1.30 bits per heavy atom. The Balaban J connectivity index is 1.77. The fraction of sp³-hybridized carbons (Fsp3) is 0.235. The Labute approximate surface area is 140 Å². The standard InChI is InChI=1S/C17H18ClN3O2/c1-11(17(22)20-14-5-2-12(18)3-6-14)21-8-9-23-16-10-13(19)4-7-15(16)21/h2-7,10-11H,8-9,19H2,1H3,(H,20,22).